The first kappa shape index (κ1) is 15.7. The van der Waals surface area contributed by atoms with Gasteiger partial charge in [0.05, 0.1) is 12.6 Å². The van der Waals surface area contributed by atoms with E-state index in [2.05, 4.69) is 20.4 Å². The zero-order valence-corrected chi connectivity index (χ0v) is 13.4. The van der Waals surface area contributed by atoms with E-state index in [0.717, 1.165) is 31.4 Å². The third-order valence-electron chi connectivity index (χ3n) is 4.23. The van der Waals surface area contributed by atoms with Gasteiger partial charge in [-0.3, -0.25) is 9.69 Å². The van der Waals surface area contributed by atoms with Crippen LogP contribution < -0.4 is 5.32 Å². The van der Waals surface area contributed by atoms with Crippen LogP contribution in [0.5, 0.6) is 0 Å². The number of nitrogens with zero attached hydrogens (tertiary/aromatic N) is 3. The summed E-state index contributed by atoms with van der Waals surface area (Å²) in [6.07, 6.45) is 4.36. The summed E-state index contributed by atoms with van der Waals surface area (Å²) in [5.41, 5.74) is 0.876. The monoisotopic (exact) mass is 314 g/mol. The highest BCUT2D eigenvalue weighted by Gasteiger charge is 2.24. The number of hydrogen-bond donors (Lipinski definition) is 1. The molecule has 1 aliphatic heterocycles. The number of carbonyl (C=O) groups excluding carboxylic acids is 1. The van der Waals surface area contributed by atoms with Crippen molar-refractivity contribution >= 4 is 5.91 Å². The molecule has 0 unspecified atom stereocenters. The number of amides is 1. The van der Waals surface area contributed by atoms with Crippen molar-refractivity contribution < 1.29 is 9.32 Å². The Morgan fingerprint density at radius 3 is 2.96 bits per heavy atom. The molecular weight excluding hydrogens is 292 g/mol. The third-order valence-corrected chi connectivity index (χ3v) is 4.23. The largest absolute Gasteiger partial charge is 0.347 e. The van der Waals surface area contributed by atoms with Crippen LogP contribution in [0.1, 0.15) is 31.5 Å². The number of carbonyl (C=O) groups is 1. The number of nitrogens with one attached hydrogen (secondary N) is 1. The Morgan fingerprint density at radius 1 is 1.30 bits per heavy atom. The molecule has 0 spiro atoms. The van der Waals surface area contributed by atoms with Gasteiger partial charge in [0.25, 0.3) is 5.89 Å². The van der Waals surface area contributed by atoms with Crippen LogP contribution in [0.3, 0.4) is 0 Å². The van der Waals surface area contributed by atoms with E-state index < -0.39 is 0 Å². The van der Waals surface area contributed by atoms with Crippen molar-refractivity contribution in [1.29, 1.82) is 0 Å². The molecule has 2 heterocycles. The number of rotatable bonds is 4. The molecule has 3 rings (SSSR count). The van der Waals surface area contributed by atoms with Gasteiger partial charge in [-0.25, -0.2) is 0 Å². The highest BCUT2D eigenvalue weighted by molar-refractivity contribution is 5.81. The average molecular weight is 314 g/mol. The maximum Gasteiger partial charge on any atom is 0.257 e. The normalized spacial score (nSPS) is 19.3. The van der Waals surface area contributed by atoms with E-state index in [1.807, 2.05) is 37.4 Å². The van der Waals surface area contributed by atoms with Crippen molar-refractivity contribution in [3.8, 4) is 11.5 Å². The molecule has 0 radical (unpaired) electrons. The molecule has 1 aromatic heterocycles. The van der Waals surface area contributed by atoms with Gasteiger partial charge in [-0.1, -0.05) is 36.2 Å². The number of hydrogen-bond acceptors (Lipinski definition) is 5. The predicted molar refractivity (Wildman–Crippen MR) is 86.5 cm³/mol. The fraction of sp³-hybridized carbons (Fsp3) is 0.471. The first-order valence-corrected chi connectivity index (χ1v) is 8.10. The Labute approximate surface area is 135 Å². The molecular formula is C17H22N4O2. The minimum atomic E-state index is -0.0574. The molecule has 1 saturated heterocycles. The third kappa shape index (κ3) is 3.96. The van der Waals surface area contributed by atoms with E-state index in [1.54, 1.807) is 0 Å². The Morgan fingerprint density at radius 2 is 2.13 bits per heavy atom. The molecule has 0 aliphatic carbocycles. The maximum absolute atomic E-state index is 12.4. The lowest BCUT2D eigenvalue weighted by Gasteiger charge is -2.24. The molecule has 0 bridgehead atoms. The Bertz CT molecular complexity index is 641. The molecule has 1 atom stereocenters. The van der Waals surface area contributed by atoms with Crippen molar-refractivity contribution in [1.82, 2.24) is 20.4 Å². The highest BCUT2D eigenvalue weighted by atomic mass is 16.5. The maximum atomic E-state index is 12.4. The van der Waals surface area contributed by atoms with Gasteiger partial charge in [-0.05, 0) is 38.6 Å². The van der Waals surface area contributed by atoms with Gasteiger partial charge in [-0.15, -0.1) is 0 Å². The SMILES string of the molecule is CN1CCCCC[C@H]1C(=O)NCc1noc(-c2ccccc2)n1. The molecule has 6 heteroatoms. The van der Waals surface area contributed by atoms with E-state index >= 15 is 0 Å². The summed E-state index contributed by atoms with van der Waals surface area (Å²) in [6.45, 7) is 1.26. The summed E-state index contributed by atoms with van der Waals surface area (Å²) < 4.78 is 5.25. The van der Waals surface area contributed by atoms with Crippen LogP contribution >= 0.6 is 0 Å². The lowest BCUT2D eigenvalue weighted by molar-refractivity contribution is -0.126. The molecule has 1 aromatic carbocycles. The van der Waals surface area contributed by atoms with Crippen LogP contribution in [0.25, 0.3) is 11.5 Å². The molecule has 1 amide bonds. The van der Waals surface area contributed by atoms with Gasteiger partial charge < -0.3 is 9.84 Å². The highest BCUT2D eigenvalue weighted by Crippen LogP contribution is 2.17. The van der Waals surface area contributed by atoms with Gasteiger partial charge in [0.1, 0.15) is 0 Å². The van der Waals surface area contributed by atoms with Gasteiger partial charge in [0.15, 0.2) is 5.82 Å². The lowest BCUT2D eigenvalue weighted by Crippen LogP contribution is -2.44. The quantitative estimate of drug-likeness (QED) is 0.937. The Balaban J connectivity index is 1.58. The van der Waals surface area contributed by atoms with Crippen molar-refractivity contribution in [3.63, 3.8) is 0 Å². The second kappa shape index (κ2) is 7.37. The summed E-state index contributed by atoms with van der Waals surface area (Å²) >= 11 is 0. The van der Waals surface area contributed by atoms with Gasteiger partial charge >= 0.3 is 0 Å². The fourth-order valence-electron chi connectivity index (χ4n) is 2.89. The zero-order chi connectivity index (χ0) is 16.1. The summed E-state index contributed by atoms with van der Waals surface area (Å²) in [4.78, 5) is 18.8. The zero-order valence-electron chi connectivity index (χ0n) is 13.4. The van der Waals surface area contributed by atoms with Crippen LogP contribution in [0, 0.1) is 0 Å². The molecule has 1 aliphatic rings. The summed E-state index contributed by atoms with van der Waals surface area (Å²) in [6, 6.07) is 9.54. The van der Waals surface area contributed by atoms with E-state index in [9.17, 15) is 4.79 Å². The summed E-state index contributed by atoms with van der Waals surface area (Å²) in [5.74, 6) is 1.01. The molecule has 122 valence electrons. The smallest absolute Gasteiger partial charge is 0.257 e. The van der Waals surface area contributed by atoms with Crippen LogP contribution in [-0.2, 0) is 11.3 Å². The molecule has 6 nitrogen and oxygen atoms in total. The number of aromatic nitrogens is 2. The van der Waals surface area contributed by atoms with Gasteiger partial charge in [-0.2, -0.15) is 4.98 Å². The predicted octanol–water partition coefficient (Wildman–Crippen LogP) is 2.23. The van der Waals surface area contributed by atoms with Crippen molar-refractivity contribution in [2.75, 3.05) is 13.6 Å². The average Bonchev–Trinajstić information content (AvgIpc) is 2.95. The van der Waals surface area contributed by atoms with Crippen LogP contribution in [0.2, 0.25) is 0 Å². The minimum Gasteiger partial charge on any atom is -0.347 e. The molecule has 0 saturated carbocycles. The first-order valence-electron chi connectivity index (χ1n) is 8.10. The van der Waals surface area contributed by atoms with Crippen LogP contribution in [-0.4, -0.2) is 40.6 Å². The van der Waals surface area contributed by atoms with E-state index in [-0.39, 0.29) is 11.9 Å². The van der Waals surface area contributed by atoms with E-state index in [1.165, 1.54) is 6.42 Å². The Kier molecular flexibility index (Phi) is 5.02. The summed E-state index contributed by atoms with van der Waals surface area (Å²) in [5, 5.41) is 6.86. The number of likely N-dealkylation sites (N-methyl/N-ethyl adjacent to an activating group) is 1. The topological polar surface area (TPSA) is 71.3 Å². The van der Waals surface area contributed by atoms with Gasteiger partial charge in [0, 0.05) is 5.56 Å². The second-order valence-electron chi connectivity index (χ2n) is 5.95. The fourth-order valence-corrected chi connectivity index (χ4v) is 2.89. The lowest BCUT2D eigenvalue weighted by atomic mass is 10.1. The summed E-state index contributed by atoms with van der Waals surface area (Å²) in [7, 11) is 2.01. The first-order chi connectivity index (χ1) is 11.2. The van der Waals surface area contributed by atoms with Crippen molar-refractivity contribution in [2.24, 2.45) is 0 Å². The standard InChI is InChI=1S/C17H22N4O2/c1-21-11-7-3-6-10-14(21)16(22)18-12-15-19-17(23-20-15)13-8-4-2-5-9-13/h2,4-5,8-9,14H,3,6-7,10-12H2,1H3,(H,18,22)/t14-/m0/s1. The molecule has 1 N–H and O–H groups in total. The Hall–Kier alpha value is -2.21. The molecule has 23 heavy (non-hydrogen) atoms. The molecule has 2 aromatic rings. The van der Waals surface area contributed by atoms with Crippen LogP contribution in [0.4, 0.5) is 0 Å². The van der Waals surface area contributed by atoms with Crippen LogP contribution in [0.15, 0.2) is 34.9 Å². The molecule has 1 fully saturated rings. The van der Waals surface area contributed by atoms with Gasteiger partial charge in [0.2, 0.25) is 5.91 Å². The van der Waals surface area contributed by atoms with Crippen molar-refractivity contribution in [2.45, 2.75) is 38.3 Å². The van der Waals surface area contributed by atoms with Crippen molar-refractivity contribution in [3.05, 3.63) is 36.2 Å². The van der Waals surface area contributed by atoms with E-state index in [0.29, 0.717) is 18.3 Å². The minimum absolute atomic E-state index is 0.0421. The number of benzene rings is 1. The van der Waals surface area contributed by atoms with E-state index in [4.69, 9.17) is 4.52 Å². The number of likely N-dealkylation sites (tertiary alicyclic amines) is 1. The second-order valence-corrected chi connectivity index (χ2v) is 5.95.